The van der Waals surface area contributed by atoms with Gasteiger partial charge in [0, 0.05) is 44.2 Å². The second kappa shape index (κ2) is 13.2. The van der Waals surface area contributed by atoms with Crippen LogP contribution in [-0.2, 0) is 22.4 Å². The zero-order chi connectivity index (χ0) is 29.6. The van der Waals surface area contributed by atoms with Gasteiger partial charge in [-0.3, -0.25) is 4.98 Å². The number of hydrogen-bond acceptors (Lipinski definition) is 6. The molecule has 1 aromatic carbocycles. The van der Waals surface area contributed by atoms with Crippen LogP contribution in [0.2, 0.25) is 25.7 Å². The van der Waals surface area contributed by atoms with Crippen molar-refractivity contribution in [3.63, 3.8) is 0 Å². The summed E-state index contributed by atoms with van der Waals surface area (Å²) >= 11 is 0. The normalized spacial score (nSPS) is 17.8. The van der Waals surface area contributed by atoms with E-state index in [1.807, 2.05) is 12.1 Å². The van der Waals surface area contributed by atoms with Gasteiger partial charge >= 0.3 is 12.1 Å². The summed E-state index contributed by atoms with van der Waals surface area (Å²) < 4.78 is 58.2. The summed E-state index contributed by atoms with van der Waals surface area (Å²) in [4.78, 5) is 20.3. The Bertz CT molecular complexity index is 1300. The fourth-order valence-corrected chi connectivity index (χ4v) is 5.63. The van der Waals surface area contributed by atoms with Crippen molar-refractivity contribution in [2.24, 2.45) is 5.92 Å². The molecule has 1 aliphatic carbocycles. The first-order valence-corrected chi connectivity index (χ1v) is 17.6. The van der Waals surface area contributed by atoms with Crippen molar-refractivity contribution in [2.45, 2.75) is 70.2 Å². The van der Waals surface area contributed by atoms with Gasteiger partial charge in [-0.05, 0) is 68.0 Å². The summed E-state index contributed by atoms with van der Waals surface area (Å²) in [6, 6.07) is 11.6. The maximum atomic E-state index is 13.4. The Labute approximate surface area is 240 Å². The van der Waals surface area contributed by atoms with E-state index < -0.39 is 25.9 Å². The van der Waals surface area contributed by atoms with E-state index in [0.717, 1.165) is 43.6 Å². The van der Waals surface area contributed by atoms with Gasteiger partial charge in [0.1, 0.15) is 18.3 Å². The number of esters is 1. The molecule has 0 amide bonds. The van der Waals surface area contributed by atoms with Crippen LogP contribution in [0.25, 0.3) is 11.4 Å². The minimum Gasteiger partial charge on any atom is -0.493 e. The number of carbonyl (C=O) groups excluding carboxylic acids is 1. The molecule has 0 unspecified atom stereocenters. The topological polar surface area (TPSA) is 75.5 Å². The predicted octanol–water partition coefficient (Wildman–Crippen LogP) is 7.42. The van der Waals surface area contributed by atoms with Crippen molar-refractivity contribution in [1.82, 2.24) is 14.5 Å². The molecule has 1 fully saturated rings. The number of pyridine rings is 1. The molecule has 222 valence electrons. The van der Waals surface area contributed by atoms with Gasteiger partial charge in [-0.1, -0.05) is 25.7 Å². The molecule has 0 bridgehead atoms. The molecule has 0 atom stereocenters. The molecule has 2 aromatic heterocycles. The molecule has 0 radical (unpaired) electrons. The highest BCUT2D eigenvalue weighted by Crippen LogP contribution is 2.36. The van der Waals surface area contributed by atoms with Gasteiger partial charge in [0.15, 0.2) is 5.69 Å². The minimum atomic E-state index is -4.54. The van der Waals surface area contributed by atoms with E-state index in [2.05, 4.69) is 29.6 Å². The lowest BCUT2D eigenvalue weighted by Crippen LogP contribution is -2.22. The lowest BCUT2D eigenvalue weighted by Gasteiger charge is -2.28. The van der Waals surface area contributed by atoms with Crippen LogP contribution >= 0.6 is 0 Å². The smallest absolute Gasteiger partial charge is 0.434 e. The molecule has 2 heterocycles. The van der Waals surface area contributed by atoms with Gasteiger partial charge < -0.3 is 18.8 Å². The molecular weight excluding hydrogens is 551 g/mol. The SMILES string of the molecule is COC(=O)c1cccc(OC[C@H]2CC[C@H](c3ccc(-c4nc(C(F)(F)F)cn4COCC[Si](C)(C)C)cn3)CC2)c1. The maximum absolute atomic E-state index is 13.4. The lowest BCUT2D eigenvalue weighted by molar-refractivity contribution is -0.141. The van der Waals surface area contributed by atoms with Crippen LogP contribution in [0.15, 0.2) is 48.8 Å². The van der Waals surface area contributed by atoms with Crippen LogP contribution in [0.5, 0.6) is 5.75 Å². The van der Waals surface area contributed by atoms with E-state index in [1.165, 1.54) is 11.7 Å². The highest BCUT2D eigenvalue weighted by Gasteiger charge is 2.35. The summed E-state index contributed by atoms with van der Waals surface area (Å²) in [5.74, 6) is 1.10. The Balaban J connectivity index is 1.34. The van der Waals surface area contributed by atoms with Crippen molar-refractivity contribution < 1.29 is 32.2 Å². The van der Waals surface area contributed by atoms with E-state index in [-0.39, 0.29) is 18.5 Å². The van der Waals surface area contributed by atoms with Crippen molar-refractivity contribution in [3.05, 3.63) is 65.7 Å². The third kappa shape index (κ3) is 8.65. The van der Waals surface area contributed by atoms with Gasteiger partial charge in [0.25, 0.3) is 0 Å². The molecule has 7 nitrogen and oxygen atoms in total. The molecule has 0 N–H and O–H groups in total. The summed E-state index contributed by atoms with van der Waals surface area (Å²) in [6.07, 6.45) is 1.91. The van der Waals surface area contributed by atoms with E-state index in [4.69, 9.17) is 14.2 Å². The number of imidazole rings is 1. The standard InChI is InChI=1S/C30H38F3N3O4Si/c1-38-29(37)23-6-5-7-25(16-23)40-19-21-8-10-22(11-9-21)26-13-12-24(17-34-26)28-35-27(30(31,32)33)18-36(28)20-39-14-15-41(2,3)4/h5-7,12-13,16-18,21-22H,8-11,14-15,19-20H2,1-4H3/t21-,22-. The molecule has 0 aliphatic heterocycles. The van der Waals surface area contributed by atoms with Crippen molar-refractivity contribution >= 4 is 14.0 Å². The maximum Gasteiger partial charge on any atom is 0.434 e. The van der Waals surface area contributed by atoms with Crippen LogP contribution in [0.1, 0.15) is 53.3 Å². The number of benzene rings is 1. The number of alkyl halides is 3. The number of carbonyl (C=O) groups is 1. The van der Waals surface area contributed by atoms with Gasteiger partial charge in [-0.25, -0.2) is 9.78 Å². The van der Waals surface area contributed by atoms with E-state index in [9.17, 15) is 18.0 Å². The first-order valence-electron chi connectivity index (χ1n) is 13.9. The largest absolute Gasteiger partial charge is 0.493 e. The number of halogens is 3. The van der Waals surface area contributed by atoms with Crippen LogP contribution in [0, 0.1) is 5.92 Å². The second-order valence-electron chi connectivity index (χ2n) is 11.8. The molecule has 1 saturated carbocycles. The van der Waals surface area contributed by atoms with Gasteiger partial charge in [-0.15, -0.1) is 0 Å². The molecular formula is C30H38F3N3O4Si. The molecule has 3 aromatic rings. The summed E-state index contributed by atoms with van der Waals surface area (Å²) in [5, 5.41) is 0. The third-order valence-corrected chi connectivity index (χ3v) is 9.05. The third-order valence-electron chi connectivity index (χ3n) is 7.34. The van der Waals surface area contributed by atoms with Gasteiger partial charge in [0.05, 0.1) is 19.3 Å². The van der Waals surface area contributed by atoms with Gasteiger partial charge in [-0.2, -0.15) is 13.2 Å². The summed E-state index contributed by atoms with van der Waals surface area (Å²) in [7, 11) is 0.0334. The fourth-order valence-electron chi connectivity index (χ4n) is 4.87. The molecule has 0 spiro atoms. The molecule has 1 aliphatic rings. The molecule has 4 rings (SSSR count). The highest BCUT2D eigenvalue weighted by molar-refractivity contribution is 6.76. The van der Waals surface area contributed by atoms with Crippen molar-refractivity contribution in [1.29, 1.82) is 0 Å². The Morgan fingerprint density at radius 2 is 1.85 bits per heavy atom. The van der Waals surface area contributed by atoms with E-state index in [1.54, 1.807) is 30.5 Å². The number of nitrogens with zero attached hydrogens (tertiary/aromatic N) is 3. The lowest BCUT2D eigenvalue weighted by atomic mass is 9.80. The zero-order valence-electron chi connectivity index (χ0n) is 24.0. The molecule has 0 saturated heterocycles. The molecule has 11 heteroatoms. The number of hydrogen-bond donors (Lipinski definition) is 0. The number of methoxy groups -OCH3 is 1. The van der Waals surface area contributed by atoms with Crippen molar-refractivity contribution in [2.75, 3.05) is 20.3 Å². The van der Waals surface area contributed by atoms with E-state index in [0.29, 0.717) is 36.0 Å². The fraction of sp³-hybridized carbons (Fsp3) is 0.500. The average Bonchev–Trinajstić information content (AvgIpc) is 3.39. The van der Waals surface area contributed by atoms with Crippen molar-refractivity contribution in [3.8, 4) is 17.1 Å². The Morgan fingerprint density at radius 1 is 1.10 bits per heavy atom. The van der Waals surface area contributed by atoms with E-state index >= 15 is 0 Å². The van der Waals surface area contributed by atoms with Crippen LogP contribution in [0.3, 0.4) is 0 Å². The Hall–Kier alpha value is -3.18. The number of aromatic nitrogens is 3. The summed E-state index contributed by atoms with van der Waals surface area (Å²) in [6.45, 7) is 7.74. The minimum absolute atomic E-state index is 0.00368. The van der Waals surface area contributed by atoms with Gasteiger partial charge in [0.2, 0.25) is 0 Å². The zero-order valence-corrected chi connectivity index (χ0v) is 25.0. The number of rotatable bonds is 11. The average molecular weight is 590 g/mol. The monoisotopic (exact) mass is 589 g/mol. The Kier molecular flexibility index (Phi) is 9.91. The summed E-state index contributed by atoms with van der Waals surface area (Å²) in [5.41, 5.74) is 0.964. The Morgan fingerprint density at radius 3 is 2.49 bits per heavy atom. The predicted molar refractivity (Wildman–Crippen MR) is 153 cm³/mol. The second-order valence-corrected chi connectivity index (χ2v) is 17.4. The van der Waals surface area contributed by atoms with Crippen LogP contribution in [0.4, 0.5) is 13.2 Å². The quantitative estimate of drug-likeness (QED) is 0.132. The van der Waals surface area contributed by atoms with Crippen LogP contribution in [-0.4, -0.2) is 48.9 Å². The first kappa shape index (κ1) is 30.8. The van der Waals surface area contributed by atoms with Crippen LogP contribution < -0.4 is 4.74 Å². The first-order chi connectivity index (χ1) is 19.4. The molecule has 41 heavy (non-hydrogen) atoms. The number of ether oxygens (including phenoxy) is 3. The highest BCUT2D eigenvalue weighted by atomic mass is 28.3.